The number of rotatable bonds is 2. The van der Waals surface area contributed by atoms with Gasteiger partial charge in [-0.3, -0.25) is 4.79 Å². The van der Waals surface area contributed by atoms with Gasteiger partial charge in [0.25, 0.3) is 5.97 Å². The zero-order valence-corrected chi connectivity index (χ0v) is 12.2. The molecule has 108 valence electrons. The van der Waals surface area contributed by atoms with E-state index in [1.54, 1.807) is 0 Å². The summed E-state index contributed by atoms with van der Waals surface area (Å²) in [5, 5.41) is 0. The summed E-state index contributed by atoms with van der Waals surface area (Å²) < 4.78 is 27.4. The SMILES string of the molecule is CCOC(=O)C1[CH-]CCCC1.[C-]#[O+].[C-]#[O+].[C-]#[O+].[CH3-].[Fe+2]. The summed E-state index contributed by atoms with van der Waals surface area (Å²) in [5.74, 6) is 0.0518. The average Bonchev–Trinajstić information content (AvgIpc) is 2.46. The molecule has 0 bridgehead atoms. The minimum Gasteiger partial charge on any atom is -0.358 e. The first-order valence-corrected chi connectivity index (χ1v) is 4.95. The summed E-state index contributed by atoms with van der Waals surface area (Å²) in [6.07, 6.45) is 6.54. The summed E-state index contributed by atoms with van der Waals surface area (Å²) in [4.78, 5) is 11.1. The van der Waals surface area contributed by atoms with Crippen LogP contribution in [0, 0.1) is 39.7 Å². The number of carbonyl (C=O) groups is 1. The van der Waals surface area contributed by atoms with Gasteiger partial charge in [0.15, 0.2) is 0 Å². The van der Waals surface area contributed by atoms with Crippen molar-refractivity contribution in [1.82, 2.24) is 0 Å². The largest absolute Gasteiger partial charge is 2.00 e. The first-order valence-electron chi connectivity index (χ1n) is 4.95. The molecule has 1 fully saturated rings. The Morgan fingerprint density at radius 2 is 1.68 bits per heavy atom. The number of ether oxygens (including phenoxy) is 1. The Kier molecular flexibility index (Phi) is 49.3. The van der Waals surface area contributed by atoms with Crippen LogP contribution in [0.4, 0.5) is 0 Å². The van der Waals surface area contributed by atoms with Crippen molar-refractivity contribution in [3.63, 3.8) is 0 Å². The third kappa shape index (κ3) is 19.7. The molecule has 1 unspecified atom stereocenters. The summed E-state index contributed by atoms with van der Waals surface area (Å²) >= 11 is 0. The fraction of sp³-hybridized carbons (Fsp3) is 0.538. The fourth-order valence-corrected chi connectivity index (χ4v) is 1.41. The van der Waals surface area contributed by atoms with E-state index in [-0.39, 0.29) is 36.4 Å². The summed E-state index contributed by atoms with van der Waals surface area (Å²) in [7, 11) is 0. The molecule has 0 aliphatic heterocycles. The molecule has 0 spiro atoms. The Hall–Kier alpha value is -0.791. The van der Waals surface area contributed by atoms with Gasteiger partial charge in [-0.05, 0) is 6.92 Å². The van der Waals surface area contributed by atoms with Gasteiger partial charge >= 0.3 is 51.0 Å². The van der Waals surface area contributed by atoms with Gasteiger partial charge in [-0.25, -0.2) is 0 Å². The Bertz CT molecular complexity index is 215. The quantitative estimate of drug-likeness (QED) is 0.339. The summed E-state index contributed by atoms with van der Waals surface area (Å²) in [6, 6.07) is 0. The maximum Gasteiger partial charge on any atom is 2.00 e. The van der Waals surface area contributed by atoms with Crippen LogP contribution in [0.25, 0.3) is 0 Å². The molecular weight excluding hydrogens is 292 g/mol. The molecule has 1 atom stereocenters. The van der Waals surface area contributed by atoms with Crippen molar-refractivity contribution in [2.75, 3.05) is 6.61 Å². The number of hydrogen-bond acceptors (Lipinski definition) is 2. The third-order valence-corrected chi connectivity index (χ3v) is 2.01. The molecular formula is C13H18FeO5. The molecule has 0 amide bonds. The summed E-state index contributed by atoms with van der Waals surface area (Å²) in [6.45, 7) is 15.9. The van der Waals surface area contributed by atoms with E-state index in [0.29, 0.717) is 6.61 Å². The van der Waals surface area contributed by atoms with Gasteiger partial charge in [0.1, 0.15) is 0 Å². The van der Waals surface area contributed by atoms with Gasteiger partial charge in [0.05, 0.1) is 6.61 Å². The van der Waals surface area contributed by atoms with E-state index in [2.05, 4.69) is 26.4 Å². The molecule has 1 aliphatic rings. The first kappa shape index (κ1) is 30.9. The van der Waals surface area contributed by atoms with Gasteiger partial charge in [-0.15, -0.1) is 0 Å². The average molecular weight is 310 g/mol. The van der Waals surface area contributed by atoms with Crippen molar-refractivity contribution in [2.24, 2.45) is 5.92 Å². The van der Waals surface area contributed by atoms with E-state index in [1.807, 2.05) is 6.92 Å². The predicted molar refractivity (Wildman–Crippen MR) is 61.1 cm³/mol. The number of hydrogen-bond donors (Lipinski definition) is 0. The first-order chi connectivity index (χ1) is 8.34. The van der Waals surface area contributed by atoms with Crippen LogP contribution in [0.2, 0.25) is 0 Å². The molecule has 0 aromatic heterocycles. The van der Waals surface area contributed by atoms with E-state index >= 15 is 0 Å². The van der Waals surface area contributed by atoms with Crippen molar-refractivity contribution in [3.8, 4) is 0 Å². The van der Waals surface area contributed by atoms with Crippen LogP contribution in [0.3, 0.4) is 0 Å². The van der Waals surface area contributed by atoms with E-state index in [9.17, 15) is 4.79 Å². The van der Waals surface area contributed by atoms with Gasteiger partial charge in [0.2, 0.25) is 0 Å². The van der Waals surface area contributed by atoms with Crippen LogP contribution >= 0.6 is 0 Å². The Morgan fingerprint density at radius 3 is 2.00 bits per heavy atom. The summed E-state index contributed by atoms with van der Waals surface area (Å²) in [5.41, 5.74) is 0. The molecule has 0 radical (unpaired) electrons. The molecule has 1 rings (SSSR count). The van der Waals surface area contributed by atoms with Crippen molar-refractivity contribution < 1.29 is 40.6 Å². The topological polar surface area (TPSA) is 86.0 Å². The smallest absolute Gasteiger partial charge is 0.358 e. The van der Waals surface area contributed by atoms with Crippen molar-refractivity contribution >= 4 is 5.97 Å². The molecule has 0 saturated heterocycles. The predicted octanol–water partition coefficient (Wildman–Crippen LogP) is 2.28. The molecule has 19 heavy (non-hydrogen) atoms. The third-order valence-electron chi connectivity index (χ3n) is 2.01. The Balaban J connectivity index is -0.0000000724. The minimum atomic E-state index is -0.0350. The monoisotopic (exact) mass is 310 g/mol. The van der Waals surface area contributed by atoms with Gasteiger partial charge < -0.3 is 18.6 Å². The second-order valence-corrected chi connectivity index (χ2v) is 2.88. The maximum atomic E-state index is 11.1. The normalized spacial score (nSPS) is 14.6. The zero-order chi connectivity index (χ0) is 14.1. The molecule has 0 heterocycles. The zero-order valence-electron chi connectivity index (χ0n) is 11.1. The minimum absolute atomic E-state index is 0. The molecule has 0 aromatic carbocycles. The van der Waals surface area contributed by atoms with Gasteiger partial charge in [-0.1, -0.05) is 25.2 Å². The van der Waals surface area contributed by atoms with Gasteiger partial charge in [-0.2, -0.15) is 6.42 Å². The fourth-order valence-electron chi connectivity index (χ4n) is 1.41. The van der Waals surface area contributed by atoms with Crippen LogP contribution in [-0.4, -0.2) is 12.6 Å². The molecule has 0 N–H and O–H groups in total. The van der Waals surface area contributed by atoms with Crippen LogP contribution < -0.4 is 0 Å². The van der Waals surface area contributed by atoms with E-state index in [4.69, 9.17) is 18.7 Å². The van der Waals surface area contributed by atoms with E-state index < -0.39 is 0 Å². The van der Waals surface area contributed by atoms with Crippen LogP contribution in [0.15, 0.2) is 0 Å². The maximum absolute atomic E-state index is 11.1. The molecule has 6 heteroatoms. The Labute approximate surface area is 126 Å². The second kappa shape index (κ2) is 30.3. The van der Waals surface area contributed by atoms with E-state index in [0.717, 1.165) is 12.8 Å². The van der Waals surface area contributed by atoms with Crippen molar-refractivity contribution in [1.29, 1.82) is 0 Å². The standard InChI is InChI=1S/C9H15O2.3CO.CH3.Fe/c1-2-11-9(10)8-6-4-3-5-7-8;3*1-2;;/h6,8H,2-5,7H2,1H3;;;;1H3;/q-1;;;;-1;+2. The van der Waals surface area contributed by atoms with Crippen molar-refractivity contribution in [3.05, 3.63) is 33.8 Å². The number of carbonyl (C=O) groups excluding carboxylic acids is 1. The van der Waals surface area contributed by atoms with Crippen LogP contribution in [-0.2, 0) is 40.6 Å². The second-order valence-electron chi connectivity index (χ2n) is 2.88. The van der Waals surface area contributed by atoms with E-state index in [1.165, 1.54) is 12.8 Å². The van der Waals surface area contributed by atoms with Crippen LogP contribution in [0.5, 0.6) is 0 Å². The molecule has 5 nitrogen and oxygen atoms in total. The Morgan fingerprint density at radius 1 is 1.21 bits per heavy atom. The molecule has 1 aliphatic carbocycles. The van der Waals surface area contributed by atoms with Crippen molar-refractivity contribution in [2.45, 2.75) is 32.6 Å². The number of esters is 1. The van der Waals surface area contributed by atoms with Crippen LogP contribution in [0.1, 0.15) is 32.6 Å². The molecule has 0 aromatic rings. The molecule has 1 saturated carbocycles. The van der Waals surface area contributed by atoms with Gasteiger partial charge in [0, 0.05) is 0 Å².